The zero-order chi connectivity index (χ0) is 12.9. The summed E-state index contributed by atoms with van der Waals surface area (Å²) >= 11 is 0. The van der Waals surface area contributed by atoms with E-state index in [0.29, 0.717) is 23.7 Å². The van der Waals surface area contributed by atoms with Crippen LogP contribution in [0.25, 0.3) is 0 Å². The summed E-state index contributed by atoms with van der Waals surface area (Å²) in [6.07, 6.45) is 1.64. The van der Waals surface area contributed by atoms with E-state index in [1.807, 2.05) is 6.07 Å². The van der Waals surface area contributed by atoms with Crippen molar-refractivity contribution in [3.63, 3.8) is 0 Å². The summed E-state index contributed by atoms with van der Waals surface area (Å²) < 4.78 is 24.5. The second-order valence-electron chi connectivity index (χ2n) is 6.75. The van der Waals surface area contributed by atoms with E-state index in [9.17, 15) is 0 Å². The molecule has 0 aromatic heterocycles. The highest BCUT2D eigenvalue weighted by molar-refractivity contribution is 5.21. The van der Waals surface area contributed by atoms with E-state index < -0.39 is 5.79 Å². The Morgan fingerprint density at radius 1 is 0.950 bits per heavy atom. The third-order valence-corrected chi connectivity index (χ3v) is 5.90. The van der Waals surface area contributed by atoms with Crippen molar-refractivity contribution in [1.82, 2.24) is 0 Å². The first-order valence-corrected chi connectivity index (χ1v) is 7.55. The summed E-state index contributed by atoms with van der Waals surface area (Å²) in [5.41, 5.74) is 1.26. The molecule has 4 aliphatic heterocycles. The summed E-state index contributed by atoms with van der Waals surface area (Å²) in [4.78, 5) is 0. The molecule has 1 aromatic carbocycles. The Morgan fingerprint density at radius 3 is 2.65 bits per heavy atom. The highest BCUT2D eigenvalue weighted by atomic mass is 16.9. The van der Waals surface area contributed by atoms with Gasteiger partial charge in [-0.3, -0.25) is 0 Å². The summed E-state index contributed by atoms with van der Waals surface area (Å²) in [6.45, 7) is 0. The van der Waals surface area contributed by atoms with Crippen LogP contribution in [0.4, 0.5) is 0 Å². The van der Waals surface area contributed by atoms with Gasteiger partial charge < -0.3 is 18.9 Å². The highest BCUT2D eigenvalue weighted by Gasteiger charge is 2.77. The Morgan fingerprint density at radius 2 is 1.75 bits per heavy atom. The summed E-state index contributed by atoms with van der Waals surface area (Å²) in [7, 11) is 0. The molecule has 4 saturated heterocycles. The largest absolute Gasteiger partial charge is 0.323 e. The number of hydrogen-bond acceptors (Lipinski definition) is 4. The van der Waals surface area contributed by atoms with Crippen LogP contribution in [-0.2, 0) is 25.4 Å². The van der Waals surface area contributed by atoms with Gasteiger partial charge in [0.1, 0.15) is 0 Å². The van der Waals surface area contributed by atoms with Crippen molar-refractivity contribution in [2.24, 2.45) is 23.7 Å². The maximum absolute atomic E-state index is 6.28. The van der Waals surface area contributed by atoms with Gasteiger partial charge in [0.25, 0.3) is 0 Å². The molecule has 4 nitrogen and oxygen atoms in total. The monoisotopic (exact) mass is 272 g/mol. The van der Waals surface area contributed by atoms with E-state index in [0.717, 1.165) is 6.42 Å². The van der Waals surface area contributed by atoms with Crippen LogP contribution in [0.2, 0.25) is 0 Å². The van der Waals surface area contributed by atoms with Crippen LogP contribution in [0.1, 0.15) is 12.0 Å². The molecule has 4 heterocycles. The summed E-state index contributed by atoms with van der Waals surface area (Å²) in [5, 5.41) is 0. The van der Waals surface area contributed by atoms with Crippen LogP contribution >= 0.6 is 0 Å². The molecule has 0 radical (unpaired) electrons. The van der Waals surface area contributed by atoms with Crippen molar-refractivity contribution in [2.45, 2.75) is 37.5 Å². The first-order valence-electron chi connectivity index (χ1n) is 7.55. The van der Waals surface area contributed by atoms with Crippen molar-refractivity contribution in [3.8, 4) is 0 Å². The highest BCUT2D eigenvalue weighted by Crippen LogP contribution is 2.69. The lowest BCUT2D eigenvalue weighted by Gasteiger charge is -2.35. The fourth-order valence-corrected chi connectivity index (χ4v) is 5.30. The first kappa shape index (κ1) is 10.7. The molecule has 0 amide bonds. The Balaban J connectivity index is 1.45. The molecule has 4 heteroatoms. The molecule has 1 aromatic rings. The van der Waals surface area contributed by atoms with Crippen LogP contribution in [0.3, 0.4) is 0 Å². The van der Waals surface area contributed by atoms with Crippen LogP contribution in [0.5, 0.6) is 0 Å². The first-order chi connectivity index (χ1) is 9.84. The lowest BCUT2D eigenvalue weighted by atomic mass is 9.83. The average molecular weight is 272 g/mol. The predicted molar refractivity (Wildman–Crippen MR) is 67.2 cm³/mol. The van der Waals surface area contributed by atoms with Gasteiger partial charge in [0.15, 0.2) is 24.7 Å². The van der Waals surface area contributed by atoms with Gasteiger partial charge in [-0.2, -0.15) is 0 Å². The molecule has 5 fully saturated rings. The molecule has 104 valence electrons. The van der Waals surface area contributed by atoms with E-state index in [1.165, 1.54) is 12.0 Å². The molecule has 2 bridgehead atoms. The van der Waals surface area contributed by atoms with E-state index in [2.05, 4.69) is 24.3 Å². The van der Waals surface area contributed by atoms with Gasteiger partial charge in [-0.15, -0.1) is 0 Å². The molecular weight excluding hydrogens is 256 g/mol. The van der Waals surface area contributed by atoms with Crippen molar-refractivity contribution in [3.05, 3.63) is 35.9 Å². The van der Waals surface area contributed by atoms with E-state index in [-0.39, 0.29) is 18.9 Å². The van der Waals surface area contributed by atoms with Gasteiger partial charge in [0.05, 0.1) is 0 Å². The Kier molecular flexibility index (Phi) is 1.76. The molecule has 0 N–H and O–H groups in total. The second kappa shape index (κ2) is 3.28. The standard InChI is InChI=1S/C16H16O4/c1-2-4-8(5-3-1)7-16-12-10-6-9-11(12)15(20-16)18-13(9)17-14(10)19-16/h1-5,9-15H,6-7H2. The average Bonchev–Trinajstić information content (AvgIpc) is 3.08. The molecule has 8 atom stereocenters. The number of benzene rings is 1. The molecule has 20 heavy (non-hydrogen) atoms. The normalized spacial score (nSPS) is 56.9. The zero-order valence-electron chi connectivity index (χ0n) is 11.0. The van der Waals surface area contributed by atoms with Crippen molar-refractivity contribution in [2.75, 3.05) is 0 Å². The molecule has 1 saturated carbocycles. The maximum Gasteiger partial charge on any atom is 0.182 e. The van der Waals surface area contributed by atoms with Gasteiger partial charge in [0, 0.05) is 30.1 Å². The minimum Gasteiger partial charge on any atom is -0.323 e. The number of hydrogen-bond donors (Lipinski definition) is 0. The van der Waals surface area contributed by atoms with Crippen LogP contribution < -0.4 is 0 Å². The lowest BCUT2D eigenvalue weighted by Crippen LogP contribution is -2.43. The van der Waals surface area contributed by atoms with Crippen LogP contribution in [0, 0.1) is 23.7 Å². The molecule has 0 spiro atoms. The van der Waals surface area contributed by atoms with Gasteiger partial charge in [-0.1, -0.05) is 30.3 Å². The molecule has 8 unspecified atom stereocenters. The molecule has 5 aliphatic rings. The number of ether oxygens (including phenoxy) is 4. The molecule has 6 rings (SSSR count). The fourth-order valence-electron chi connectivity index (χ4n) is 5.30. The van der Waals surface area contributed by atoms with Gasteiger partial charge in [-0.25, -0.2) is 0 Å². The predicted octanol–water partition coefficient (Wildman–Crippen LogP) is 1.89. The lowest BCUT2D eigenvalue weighted by molar-refractivity contribution is -0.381. The molecule has 1 aliphatic carbocycles. The number of rotatable bonds is 2. The van der Waals surface area contributed by atoms with Gasteiger partial charge >= 0.3 is 0 Å². The van der Waals surface area contributed by atoms with Crippen LogP contribution in [-0.4, -0.2) is 24.7 Å². The Labute approximate surface area is 117 Å². The van der Waals surface area contributed by atoms with Gasteiger partial charge in [0.2, 0.25) is 0 Å². The van der Waals surface area contributed by atoms with Crippen molar-refractivity contribution < 1.29 is 18.9 Å². The summed E-state index contributed by atoms with van der Waals surface area (Å²) in [6, 6.07) is 10.5. The van der Waals surface area contributed by atoms with E-state index in [4.69, 9.17) is 18.9 Å². The summed E-state index contributed by atoms with van der Waals surface area (Å²) in [5.74, 6) is 1.41. The van der Waals surface area contributed by atoms with Gasteiger partial charge in [-0.05, 0) is 12.0 Å². The third-order valence-electron chi connectivity index (χ3n) is 5.90. The quantitative estimate of drug-likeness (QED) is 0.824. The minimum absolute atomic E-state index is 0.0914. The minimum atomic E-state index is -0.522. The fraction of sp³-hybridized carbons (Fsp3) is 0.625. The maximum atomic E-state index is 6.28. The van der Waals surface area contributed by atoms with Crippen molar-refractivity contribution >= 4 is 0 Å². The zero-order valence-corrected chi connectivity index (χ0v) is 11.0. The Hall–Kier alpha value is -0.940. The topological polar surface area (TPSA) is 36.9 Å². The Bertz CT molecular complexity index is 569. The van der Waals surface area contributed by atoms with E-state index in [1.54, 1.807) is 0 Å². The van der Waals surface area contributed by atoms with E-state index >= 15 is 0 Å². The van der Waals surface area contributed by atoms with Crippen molar-refractivity contribution in [1.29, 1.82) is 0 Å². The smallest absolute Gasteiger partial charge is 0.182 e. The third kappa shape index (κ3) is 1.07. The second-order valence-corrected chi connectivity index (χ2v) is 6.75. The SMILES string of the molecule is c1ccc(CC23OC4OC5OC(O2)C2C5CC4C23)cc1. The van der Waals surface area contributed by atoms with Crippen LogP contribution in [0.15, 0.2) is 30.3 Å². The molecular formula is C16H16O4.